The molecule has 0 spiro atoms. The number of carbonyl (C=O) groups excluding carboxylic acids is 2. The van der Waals surface area contributed by atoms with Gasteiger partial charge in [-0.25, -0.2) is 4.98 Å². The maximum Gasteiger partial charge on any atom is 0.309 e. The molecule has 7 atom stereocenters. The van der Waals surface area contributed by atoms with E-state index in [2.05, 4.69) is 17.2 Å². The van der Waals surface area contributed by atoms with Crippen molar-refractivity contribution in [3.8, 4) is 0 Å². The zero-order valence-electron chi connectivity index (χ0n) is 22.1. The summed E-state index contributed by atoms with van der Waals surface area (Å²) in [5.41, 5.74) is 0.502. The number of cyclic esters (lactones) is 1. The number of aromatic nitrogens is 1. The Morgan fingerprint density at radius 1 is 1.26 bits per heavy atom. The Kier molecular flexibility index (Phi) is 8.62. The van der Waals surface area contributed by atoms with Gasteiger partial charge in [0.25, 0.3) is 0 Å². The van der Waals surface area contributed by atoms with E-state index in [0.717, 1.165) is 35.5 Å². The van der Waals surface area contributed by atoms with Gasteiger partial charge in [-0.05, 0) is 51.2 Å². The number of rotatable bonds is 2. The molecule has 3 heterocycles. The first-order chi connectivity index (χ1) is 16.2. The van der Waals surface area contributed by atoms with Crippen LogP contribution < -0.4 is 5.32 Å². The van der Waals surface area contributed by atoms with Crippen LogP contribution in [0.15, 0.2) is 11.0 Å². The lowest BCUT2D eigenvalue weighted by atomic mass is 9.73. The van der Waals surface area contributed by atoms with E-state index < -0.39 is 35.6 Å². The fourth-order valence-electron chi connectivity index (χ4n) is 5.22. The molecule has 8 heteroatoms. The fraction of sp³-hybridized carbons (Fsp3) is 0.741. The van der Waals surface area contributed by atoms with Crippen molar-refractivity contribution in [2.24, 2.45) is 17.3 Å². The smallest absolute Gasteiger partial charge is 0.309 e. The molecule has 2 saturated heterocycles. The number of hydrogen-bond acceptors (Lipinski definition) is 8. The minimum absolute atomic E-state index is 0.0416. The van der Waals surface area contributed by atoms with Crippen LogP contribution in [0, 0.1) is 24.2 Å². The van der Waals surface area contributed by atoms with Crippen LogP contribution in [0.2, 0.25) is 0 Å². The molecular formula is C27H42N2O5S. The van der Waals surface area contributed by atoms with Gasteiger partial charge in [-0.2, -0.15) is 0 Å². The third-order valence-corrected chi connectivity index (χ3v) is 8.92. The van der Waals surface area contributed by atoms with Gasteiger partial charge < -0.3 is 20.3 Å². The minimum atomic E-state index is -1.21. The number of Topliss-reactive ketones (excluding diaryl/α,β-unsaturated/α-hetero) is 1. The second-order valence-corrected chi connectivity index (χ2v) is 12.5. The van der Waals surface area contributed by atoms with Crippen LogP contribution >= 0.6 is 11.3 Å². The van der Waals surface area contributed by atoms with Crippen LogP contribution in [-0.4, -0.2) is 56.8 Å². The second-order valence-electron chi connectivity index (χ2n) is 11.5. The number of nitrogens with zero attached hydrogens (tertiary/aromatic N) is 1. The average molecular weight is 507 g/mol. The molecule has 7 nitrogen and oxygen atoms in total. The van der Waals surface area contributed by atoms with Crippen LogP contribution in [0.1, 0.15) is 84.3 Å². The molecule has 0 aromatic carbocycles. The highest BCUT2D eigenvalue weighted by molar-refractivity contribution is 7.09. The predicted molar refractivity (Wildman–Crippen MR) is 138 cm³/mol. The molecule has 0 saturated carbocycles. The molecule has 3 N–H and O–H groups in total. The zero-order valence-corrected chi connectivity index (χ0v) is 22.9. The first-order valence-corrected chi connectivity index (χ1v) is 13.6. The third kappa shape index (κ3) is 6.59. The summed E-state index contributed by atoms with van der Waals surface area (Å²) in [5.74, 6) is -1.46. The SMILES string of the molecule is C/C(=C/c1csc(C)n1)[C@@H]1C[C@@H]2N[C@]2(C)CCC[C@H](C)[C@H](O)[C@@H](C)C(=O)C(C)(C)[C@@H](O)CC(=O)O1. The number of ether oxygens (including phenoxy) is 1. The Morgan fingerprint density at radius 3 is 2.57 bits per heavy atom. The second kappa shape index (κ2) is 10.8. The van der Waals surface area contributed by atoms with Crippen molar-refractivity contribution in [2.75, 3.05) is 0 Å². The summed E-state index contributed by atoms with van der Waals surface area (Å²) in [7, 11) is 0. The van der Waals surface area contributed by atoms with E-state index >= 15 is 0 Å². The van der Waals surface area contributed by atoms with Crippen LogP contribution in [0.4, 0.5) is 0 Å². The Labute approximate surface area is 213 Å². The summed E-state index contributed by atoms with van der Waals surface area (Å²) in [4.78, 5) is 30.7. The summed E-state index contributed by atoms with van der Waals surface area (Å²) in [6.45, 7) is 13.0. The molecule has 2 aliphatic rings. The van der Waals surface area contributed by atoms with Crippen LogP contribution in [0.5, 0.6) is 0 Å². The molecule has 0 radical (unpaired) electrons. The van der Waals surface area contributed by atoms with E-state index in [1.807, 2.05) is 32.2 Å². The number of esters is 1. The van der Waals surface area contributed by atoms with E-state index in [-0.39, 0.29) is 29.7 Å². The zero-order chi connectivity index (χ0) is 26.1. The van der Waals surface area contributed by atoms with Gasteiger partial charge in [0.05, 0.1) is 34.7 Å². The lowest BCUT2D eigenvalue weighted by molar-refractivity contribution is -0.154. The Morgan fingerprint density at radius 2 is 1.94 bits per heavy atom. The molecule has 0 unspecified atom stereocenters. The number of carbonyl (C=O) groups is 2. The van der Waals surface area contributed by atoms with Crippen molar-refractivity contribution in [3.05, 3.63) is 21.7 Å². The maximum atomic E-state index is 13.2. The molecule has 0 amide bonds. The summed E-state index contributed by atoms with van der Waals surface area (Å²) in [5, 5.41) is 28.2. The monoisotopic (exact) mass is 506 g/mol. The van der Waals surface area contributed by atoms with E-state index in [1.165, 1.54) is 0 Å². The number of nitrogens with one attached hydrogen (secondary N) is 1. The van der Waals surface area contributed by atoms with Gasteiger partial charge in [0, 0.05) is 29.3 Å². The topological polar surface area (TPSA) is 119 Å². The number of aryl methyl sites for hydroxylation is 1. The highest BCUT2D eigenvalue weighted by atomic mass is 32.1. The lowest BCUT2D eigenvalue weighted by Gasteiger charge is -2.34. The van der Waals surface area contributed by atoms with E-state index in [9.17, 15) is 19.8 Å². The quantitative estimate of drug-likeness (QED) is 0.409. The first-order valence-electron chi connectivity index (χ1n) is 12.7. The summed E-state index contributed by atoms with van der Waals surface area (Å²) < 4.78 is 5.91. The van der Waals surface area contributed by atoms with E-state index in [0.29, 0.717) is 6.42 Å². The molecule has 0 aliphatic carbocycles. The molecule has 0 bridgehead atoms. The highest BCUT2D eigenvalue weighted by Crippen LogP contribution is 2.38. The first kappa shape index (κ1) is 28.0. The Bertz CT molecular complexity index is 957. The van der Waals surface area contributed by atoms with Crippen LogP contribution in [0.3, 0.4) is 0 Å². The van der Waals surface area contributed by atoms with Gasteiger partial charge in [0.2, 0.25) is 0 Å². The maximum absolute atomic E-state index is 13.2. The van der Waals surface area contributed by atoms with Crippen LogP contribution in [0.25, 0.3) is 6.08 Å². The lowest BCUT2D eigenvalue weighted by Crippen LogP contribution is -2.45. The van der Waals surface area contributed by atoms with Gasteiger partial charge in [-0.3, -0.25) is 9.59 Å². The number of aliphatic hydroxyl groups excluding tert-OH is 2. The molecule has 2 aliphatic heterocycles. The third-order valence-electron chi connectivity index (χ3n) is 8.13. The summed E-state index contributed by atoms with van der Waals surface area (Å²) in [6.07, 6.45) is 2.50. The number of fused-ring (bicyclic) bond motifs is 1. The number of ketones is 1. The normalized spacial score (nSPS) is 37.5. The summed E-state index contributed by atoms with van der Waals surface area (Å²) >= 11 is 1.57. The molecule has 196 valence electrons. The molecule has 1 aromatic heterocycles. The van der Waals surface area contributed by atoms with Crippen molar-refractivity contribution in [1.82, 2.24) is 10.3 Å². The molecule has 3 rings (SSSR count). The van der Waals surface area contributed by atoms with Gasteiger partial charge in [-0.1, -0.05) is 34.1 Å². The van der Waals surface area contributed by atoms with Crippen molar-refractivity contribution in [2.45, 2.75) is 110 Å². The number of thiazole rings is 1. The van der Waals surface area contributed by atoms with Gasteiger partial charge in [-0.15, -0.1) is 11.3 Å². The predicted octanol–water partition coefficient (Wildman–Crippen LogP) is 4.05. The van der Waals surface area contributed by atoms with Gasteiger partial charge in [0.1, 0.15) is 11.9 Å². The number of hydrogen-bond donors (Lipinski definition) is 3. The number of aliphatic hydroxyl groups is 2. The van der Waals surface area contributed by atoms with Crippen molar-refractivity contribution in [1.29, 1.82) is 0 Å². The Balaban J connectivity index is 1.85. The molecule has 35 heavy (non-hydrogen) atoms. The standard InChI is InChI=1S/C27H42N2O5S/c1-15-9-8-10-27(7)21(29-27)12-20(16(2)11-19-14-35-18(4)28-19)34-23(31)13-22(30)26(5,6)25(33)17(3)24(15)32/h11,14-15,17,20-22,24,29-30,32H,8-10,12-13H2,1-7H3/b16-11-/t15-,17+,20-,21-,22-,24-,27+/m0/s1. The van der Waals surface area contributed by atoms with Crippen molar-refractivity contribution >= 4 is 29.2 Å². The van der Waals surface area contributed by atoms with Crippen molar-refractivity contribution < 1.29 is 24.5 Å². The Hall–Kier alpha value is -1.61. The summed E-state index contributed by atoms with van der Waals surface area (Å²) in [6, 6.07) is 0.204. The highest BCUT2D eigenvalue weighted by Gasteiger charge is 2.50. The van der Waals surface area contributed by atoms with Crippen LogP contribution in [-0.2, 0) is 14.3 Å². The van der Waals surface area contributed by atoms with Gasteiger partial charge in [0.15, 0.2) is 0 Å². The average Bonchev–Trinajstić information content (AvgIpc) is 3.22. The largest absolute Gasteiger partial charge is 0.458 e. The van der Waals surface area contributed by atoms with Gasteiger partial charge >= 0.3 is 5.97 Å². The van der Waals surface area contributed by atoms with E-state index in [4.69, 9.17) is 4.74 Å². The van der Waals surface area contributed by atoms with Crippen molar-refractivity contribution in [3.63, 3.8) is 0 Å². The molecule has 2 fully saturated rings. The van der Waals surface area contributed by atoms with E-state index in [1.54, 1.807) is 32.1 Å². The molecular weight excluding hydrogens is 464 g/mol. The fourth-order valence-corrected chi connectivity index (χ4v) is 5.79. The molecule has 1 aromatic rings. The minimum Gasteiger partial charge on any atom is -0.458 e.